The van der Waals surface area contributed by atoms with Crippen molar-refractivity contribution in [2.45, 2.75) is 58.5 Å². The third-order valence-electron chi connectivity index (χ3n) is 4.74. The molecule has 0 spiro atoms. The monoisotopic (exact) mass is 247 g/mol. The molecule has 1 fully saturated rings. The fourth-order valence-corrected chi connectivity index (χ4v) is 3.53. The molecule has 2 rings (SSSR count). The summed E-state index contributed by atoms with van der Waals surface area (Å²) in [5, 5.41) is 10.4. The highest BCUT2D eigenvalue weighted by Gasteiger charge is 2.39. The summed E-state index contributed by atoms with van der Waals surface area (Å²) in [4.78, 5) is 4.26. The number of aliphatic hydroxyl groups is 1. The van der Waals surface area contributed by atoms with Gasteiger partial charge in [-0.2, -0.15) is 0 Å². The van der Waals surface area contributed by atoms with E-state index in [4.69, 9.17) is 0 Å². The molecule has 0 radical (unpaired) electrons. The van der Waals surface area contributed by atoms with Gasteiger partial charge in [0, 0.05) is 12.4 Å². The average molecular weight is 247 g/mol. The van der Waals surface area contributed by atoms with Crippen LogP contribution >= 0.6 is 0 Å². The van der Waals surface area contributed by atoms with E-state index >= 15 is 0 Å². The zero-order valence-electron chi connectivity index (χ0n) is 12.0. The van der Waals surface area contributed by atoms with Crippen LogP contribution in [0.1, 0.15) is 51.2 Å². The Bertz CT molecular complexity index is 413. The van der Waals surface area contributed by atoms with E-state index in [1.54, 1.807) is 0 Å². The maximum Gasteiger partial charge on any atom is 0.0579 e. The minimum atomic E-state index is -0.177. The van der Waals surface area contributed by atoms with Crippen molar-refractivity contribution >= 4 is 0 Å². The largest absolute Gasteiger partial charge is 0.393 e. The number of aryl methyl sites for hydroxylation is 1. The Morgan fingerprint density at radius 3 is 2.67 bits per heavy atom. The zero-order chi connectivity index (χ0) is 13.3. The Labute approximate surface area is 110 Å². The number of aromatic nitrogens is 1. The van der Waals surface area contributed by atoms with Crippen LogP contribution in [0.5, 0.6) is 0 Å². The highest BCUT2D eigenvalue weighted by molar-refractivity contribution is 5.30. The van der Waals surface area contributed by atoms with Crippen molar-refractivity contribution in [1.82, 2.24) is 4.98 Å². The molecule has 3 unspecified atom stereocenters. The van der Waals surface area contributed by atoms with Crippen LogP contribution in [0.4, 0.5) is 0 Å². The van der Waals surface area contributed by atoms with Crippen molar-refractivity contribution in [1.29, 1.82) is 0 Å². The lowest BCUT2D eigenvalue weighted by Gasteiger charge is -2.42. The fraction of sp³-hybridized carbons (Fsp3) is 0.688. The first-order valence-corrected chi connectivity index (χ1v) is 7.02. The molecule has 100 valence electrons. The summed E-state index contributed by atoms with van der Waals surface area (Å²) in [7, 11) is 0. The Morgan fingerprint density at radius 2 is 2.06 bits per heavy atom. The number of hydrogen-bond acceptors (Lipinski definition) is 2. The molecule has 2 nitrogen and oxygen atoms in total. The lowest BCUT2D eigenvalue weighted by molar-refractivity contribution is 0.0141. The van der Waals surface area contributed by atoms with E-state index < -0.39 is 0 Å². The summed E-state index contributed by atoms with van der Waals surface area (Å²) in [5.74, 6) is 0.999. The van der Waals surface area contributed by atoms with Crippen molar-refractivity contribution in [2.75, 3.05) is 0 Å². The van der Waals surface area contributed by atoms with Crippen molar-refractivity contribution in [3.05, 3.63) is 29.6 Å². The molecule has 0 saturated heterocycles. The minimum Gasteiger partial charge on any atom is -0.393 e. The van der Waals surface area contributed by atoms with Gasteiger partial charge in [0.25, 0.3) is 0 Å². The Hall–Kier alpha value is -0.890. The number of nitrogens with zero attached hydrogens (tertiary/aromatic N) is 1. The van der Waals surface area contributed by atoms with Gasteiger partial charge in [0.05, 0.1) is 6.10 Å². The van der Waals surface area contributed by atoms with E-state index in [-0.39, 0.29) is 11.5 Å². The van der Waals surface area contributed by atoms with Gasteiger partial charge in [-0.05, 0) is 54.2 Å². The summed E-state index contributed by atoms with van der Waals surface area (Å²) in [6.45, 7) is 8.88. The van der Waals surface area contributed by atoms with Crippen LogP contribution < -0.4 is 0 Å². The number of pyridine rings is 1. The molecule has 0 aliphatic heterocycles. The van der Waals surface area contributed by atoms with Gasteiger partial charge in [0.1, 0.15) is 0 Å². The SMILES string of the molecule is Cc1ccncc1C(C)(C)C1CCC(C)CC1O. The van der Waals surface area contributed by atoms with E-state index in [1.807, 2.05) is 12.4 Å². The van der Waals surface area contributed by atoms with Gasteiger partial charge < -0.3 is 5.11 Å². The first kappa shape index (κ1) is 13.5. The Kier molecular flexibility index (Phi) is 3.76. The van der Waals surface area contributed by atoms with E-state index in [0.29, 0.717) is 11.8 Å². The summed E-state index contributed by atoms with van der Waals surface area (Å²) in [6, 6.07) is 2.06. The Balaban J connectivity index is 2.28. The second-order valence-corrected chi connectivity index (χ2v) is 6.50. The molecular weight excluding hydrogens is 222 g/mol. The smallest absolute Gasteiger partial charge is 0.0579 e. The Morgan fingerprint density at radius 1 is 1.33 bits per heavy atom. The third-order valence-corrected chi connectivity index (χ3v) is 4.74. The molecule has 18 heavy (non-hydrogen) atoms. The molecule has 3 atom stereocenters. The second-order valence-electron chi connectivity index (χ2n) is 6.50. The number of aliphatic hydroxyl groups excluding tert-OH is 1. The van der Waals surface area contributed by atoms with Crippen molar-refractivity contribution in [2.24, 2.45) is 11.8 Å². The summed E-state index contributed by atoms with van der Waals surface area (Å²) in [5.41, 5.74) is 2.56. The van der Waals surface area contributed by atoms with Gasteiger partial charge in [0.15, 0.2) is 0 Å². The van der Waals surface area contributed by atoms with Crippen LogP contribution in [0, 0.1) is 18.8 Å². The average Bonchev–Trinajstić information content (AvgIpc) is 2.28. The lowest BCUT2D eigenvalue weighted by Crippen LogP contribution is -2.41. The quantitative estimate of drug-likeness (QED) is 0.868. The molecule has 1 aliphatic carbocycles. The third kappa shape index (κ3) is 2.44. The van der Waals surface area contributed by atoms with E-state index in [0.717, 1.165) is 12.8 Å². The zero-order valence-corrected chi connectivity index (χ0v) is 12.0. The highest BCUT2D eigenvalue weighted by atomic mass is 16.3. The molecule has 0 aromatic carbocycles. The minimum absolute atomic E-state index is 0.00208. The molecule has 1 saturated carbocycles. The normalized spacial score (nSPS) is 29.3. The van der Waals surface area contributed by atoms with Gasteiger partial charge in [0.2, 0.25) is 0 Å². The van der Waals surface area contributed by atoms with Crippen LogP contribution in [0.25, 0.3) is 0 Å². The predicted octanol–water partition coefficient (Wildman–Crippen LogP) is 3.46. The summed E-state index contributed by atoms with van der Waals surface area (Å²) in [6.07, 6.45) is 6.92. The number of rotatable bonds is 2. The molecule has 2 heteroatoms. The van der Waals surface area contributed by atoms with Crippen LogP contribution in [-0.4, -0.2) is 16.2 Å². The first-order valence-electron chi connectivity index (χ1n) is 7.02. The van der Waals surface area contributed by atoms with Crippen molar-refractivity contribution in [3.63, 3.8) is 0 Å². The molecule has 0 bridgehead atoms. The topological polar surface area (TPSA) is 33.1 Å². The van der Waals surface area contributed by atoms with Gasteiger partial charge in [-0.3, -0.25) is 4.98 Å². The molecule has 0 amide bonds. The lowest BCUT2D eigenvalue weighted by atomic mass is 9.64. The van der Waals surface area contributed by atoms with Gasteiger partial charge in [-0.1, -0.05) is 27.2 Å². The maximum absolute atomic E-state index is 10.4. The molecule has 1 N–H and O–H groups in total. The van der Waals surface area contributed by atoms with Gasteiger partial charge in [-0.15, -0.1) is 0 Å². The summed E-state index contributed by atoms with van der Waals surface area (Å²) < 4.78 is 0. The van der Waals surface area contributed by atoms with E-state index in [9.17, 15) is 5.11 Å². The highest BCUT2D eigenvalue weighted by Crippen LogP contribution is 2.42. The molecule has 1 aliphatic rings. The predicted molar refractivity (Wildman–Crippen MR) is 74.5 cm³/mol. The van der Waals surface area contributed by atoms with Crippen LogP contribution in [-0.2, 0) is 5.41 Å². The molecular formula is C16H25NO. The maximum atomic E-state index is 10.4. The molecule has 1 heterocycles. The van der Waals surface area contributed by atoms with E-state index in [1.165, 1.54) is 17.5 Å². The second kappa shape index (κ2) is 5.00. The van der Waals surface area contributed by atoms with Crippen molar-refractivity contribution < 1.29 is 5.11 Å². The van der Waals surface area contributed by atoms with Crippen LogP contribution in [0.3, 0.4) is 0 Å². The fourth-order valence-electron chi connectivity index (χ4n) is 3.53. The van der Waals surface area contributed by atoms with E-state index in [2.05, 4.69) is 38.7 Å². The molecule has 1 aromatic heterocycles. The number of hydrogen-bond donors (Lipinski definition) is 1. The van der Waals surface area contributed by atoms with Gasteiger partial charge >= 0.3 is 0 Å². The van der Waals surface area contributed by atoms with Crippen LogP contribution in [0.2, 0.25) is 0 Å². The van der Waals surface area contributed by atoms with Crippen molar-refractivity contribution in [3.8, 4) is 0 Å². The van der Waals surface area contributed by atoms with Crippen LogP contribution in [0.15, 0.2) is 18.5 Å². The van der Waals surface area contributed by atoms with Gasteiger partial charge in [-0.25, -0.2) is 0 Å². The molecule has 1 aromatic rings. The standard InChI is InChI=1S/C16H25NO/c1-11-5-6-13(15(18)9-11)16(3,4)14-10-17-8-7-12(14)2/h7-8,10-11,13,15,18H,5-6,9H2,1-4H3. The summed E-state index contributed by atoms with van der Waals surface area (Å²) >= 11 is 0. The first-order chi connectivity index (χ1) is 8.43.